The minimum atomic E-state index is -3.63. The fourth-order valence-corrected chi connectivity index (χ4v) is 4.72. The molecule has 3 rings (SSSR count). The standard InChI is InChI=1S/C20H24N2O4S/c1-16-5-3-6-17(13-16)15-21-9-11-22(12-10-21)27(24,25)19-8-4-7-18(14-19)20(23)26-2/h3-8,13-14H,9-12,15H2,1-2H3. The predicted octanol–water partition coefficient (Wildman–Crippen LogP) is 2.29. The van der Waals surface area contributed by atoms with Gasteiger partial charge < -0.3 is 4.74 Å². The molecule has 7 heteroatoms. The Balaban J connectivity index is 1.67. The maximum atomic E-state index is 12.9. The van der Waals surface area contributed by atoms with Gasteiger partial charge in [0.2, 0.25) is 10.0 Å². The van der Waals surface area contributed by atoms with Crippen LogP contribution in [0.1, 0.15) is 21.5 Å². The molecule has 0 spiro atoms. The van der Waals surface area contributed by atoms with Crippen molar-refractivity contribution in [1.82, 2.24) is 9.21 Å². The first-order valence-corrected chi connectivity index (χ1v) is 10.3. The highest BCUT2D eigenvalue weighted by Crippen LogP contribution is 2.20. The number of methoxy groups -OCH3 is 1. The first kappa shape index (κ1) is 19.5. The average Bonchev–Trinajstić information content (AvgIpc) is 2.68. The Kier molecular flexibility index (Phi) is 5.94. The summed E-state index contributed by atoms with van der Waals surface area (Å²) in [5.41, 5.74) is 2.69. The van der Waals surface area contributed by atoms with Crippen LogP contribution in [0.5, 0.6) is 0 Å². The fraction of sp³-hybridized carbons (Fsp3) is 0.350. The molecular weight excluding hydrogens is 364 g/mol. The van der Waals surface area contributed by atoms with E-state index in [9.17, 15) is 13.2 Å². The smallest absolute Gasteiger partial charge is 0.337 e. The molecule has 0 unspecified atom stereocenters. The van der Waals surface area contributed by atoms with Crippen molar-refractivity contribution < 1.29 is 17.9 Å². The van der Waals surface area contributed by atoms with Crippen LogP contribution in [0.3, 0.4) is 0 Å². The van der Waals surface area contributed by atoms with E-state index in [1.807, 2.05) is 6.07 Å². The number of carbonyl (C=O) groups is 1. The summed E-state index contributed by atoms with van der Waals surface area (Å²) in [4.78, 5) is 14.1. The van der Waals surface area contributed by atoms with E-state index in [-0.39, 0.29) is 10.5 Å². The molecule has 0 atom stereocenters. The first-order valence-electron chi connectivity index (χ1n) is 8.86. The molecule has 1 aliphatic heterocycles. The second kappa shape index (κ2) is 8.21. The minimum Gasteiger partial charge on any atom is -0.465 e. The van der Waals surface area contributed by atoms with Gasteiger partial charge in [-0.3, -0.25) is 4.90 Å². The number of aryl methyl sites for hydroxylation is 1. The zero-order chi connectivity index (χ0) is 19.4. The van der Waals surface area contributed by atoms with Crippen LogP contribution in [0.4, 0.5) is 0 Å². The van der Waals surface area contributed by atoms with E-state index in [2.05, 4.69) is 34.8 Å². The number of rotatable bonds is 5. The molecule has 2 aromatic carbocycles. The van der Waals surface area contributed by atoms with Crippen LogP contribution >= 0.6 is 0 Å². The Labute approximate surface area is 160 Å². The number of ether oxygens (including phenoxy) is 1. The topological polar surface area (TPSA) is 66.9 Å². The molecule has 0 aromatic heterocycles. The van der Waals surface area contributed by atoms with Crippen LogP contribution < -0.4 is 0 Å². The molecule has 2 aromatic rings. The lowest BCUT2D eigenvalue weighted by atomic mass is 10.1. The Bertz CT molecular complexity index is 919. The van der Waals surface area contributed by atoms with Crippen LogP contribution in [0.25, 0.3) is 0 Å². The van der Waals surface area contributed by atoms with Gasteiger partial charge in [0.05, 0.1) is 17.6 Å². The van der Waals surface area contributed by atoms with Gasteiger partial charge in [0.1, 0.15) is 0 Å². The molecule has 1 aliphatic rings. The Hall–Kier alpha value is -2.22. The molecule has 6 nitrogen and oxygen atoms in total. The molecule has 0 amide bonds. The number of carbonyl (C=O) groups excluding carboxylic acids is 1. The van der Waals surface area contributed by atoms with E-state index in [4.69, 9.17) is 0 Å². The van der Waals surface area contributed by atoms with Crippen molar-refractivity contribution in [2.24, 2.45) is 0 Å². The van der Waals surface area contributed by atoms with Gasteiger partial charge in [-0.1, -0.05) is 35.9 Å². The summed E-state index contributed by atoms with van der Waals surface area (Å²) in [6, 6.07) is 14.4. The Morgan fingerprint density at radius 3 is 2.41 bits per heavy atom. The molecular formula is C20H24N2O4S. The second-order valence-electron chi connectivity index (χ2n) is 6.69. The van der Waals surface area contributed by atoms with Crippen LogP contribution in [0.15, 0.2) is 53.4 Å². The van der Waals surface area contributed by atoms with E-state index in [0.29, 0.717) is 26.2 Å². The van der Waals surface area contributed by atoms with E-state index < -0.39 is 16.0 Å². The normalized spacial score (nSPS) is 16.2. The molecule has 27 heavy (non-hydrogen) atoms. The summed E-state index contributed by atoms with van der Waals surface area (Å²) in [5.74, 6) is -0.546. The first-order chi connectivity index (χ1) is 12.9. The largest absolute Gasteiger partial charge is 0.465 e. The minimum absolute atomic E-state index is 0.123. The third-order valence-corrected chi connectivity index (χ3v) is 6.61. The average molecular weight is 388 g/mol. The maximum Gasteiger partial charge on any atom is 0.337 e. The number of benzene rings is 2. The highest BCUT2D eigenvalue weighted by molar-refractivity contribution is 7.89. The monoisotopic (exact) mass is 388 g/mol. The molecule has 1 fully saturated rings. The van der Waals surface area contributed by atoms with E-state index in [1.165, 1.54) is 34.7 Å². The third kappa shape index (κ3) is 4.55. The summed E-state index contributed by atoms with van der Waals surface area (Å²) in [6.45, 7) is 5.07. The van der Waals surface area contributed by atoms with Crippen molar-refractivity contribution in [3.63, 3.8) is 0 Å². The van der Waals surface area contributed by atoms with Gasteiger partial charge >= 0.3 is 5.97 Å². The molecule has 0 aliphatic carbocycles. The molecule has 0 radical (unpaired) electrons. The van der Waals surface area contributed by atoms with Gasteiger partial charge in [0.25, 0.3) is 0 Å². The summed E-state index contributed by atoms with van der Waals surface area (Å²) in [7, 11) is -2.36. The van der Waals surface area contributed by atoms with Crippen molar-refractivity contribution in [1.29, 1.82) is 0 Å². The quantitative estimate of drug-likeness (QED) is 0.735. The second-order valence-corrected chi connectivity index (χ2v) is 8.63. The zero-order valence-electron chi connectivity index (χ0n) is 15.6. The third-order valence-electron chi connectivity index (χ3n) is 4.71. The van der Waals surface area contributed by atoms with Crippen molar-refractivity contribution in [3.8, 4) is 0 Å². The molecule has 0 saturated carbocycles. The van der Waals surface area contributed by atoms with E-state index in [0.717, 1.165) is 6.54 Å². The van der Waals surface area contributed by atoms with Crippen LogP contribution in [0, 0.1) is 6.92 Å². The number of esters is 1. The van der Waals surface area contributed by atoms with Gasteiger partial charge in [0.15, 0.2) is 0 Å². The van der Waals surface area contributed by atoms with Crippen LogP contribution in [-0.4, -0.2) is 56.9 Å². The van der Waals surface area contributed by atoms with Crippen molar-refractivity contribution in [2.75, 3.05) is 33.3 Å². The lowest BCUT2D eigenvalue weighted by Crippen LogP contribution is -2.48. The Morgan fingerprint density at radius 1 is 1.04 bits per heavy atom. The zero-order valence-corrected chi connectivity index (χ0v) is 16.4. The number of hydrogen-bond acceptors (Lipinski definition) is 5. The highest BCUT2D eigenvalue weighted by atomic mass is 32.2. The predicted molar refractivity (Wildman–Crippen MR) is 103 cm³/mol. The molecule has 1 saturated heterocycles. The van der Waals surface area contributed by atoms with Crippen molar-refractivity contribution >= 4 is 16.0 Å². The van der Waals surface area contributed by atoms with Crippen molar-refractivity contribution in [3.05, 3.63) is 65.2 Å². The maximum absolute atomic E-state index is 12.9. The highest BCUT2D eigenvalue weighted by Gasteiger charge is 2.29. The van der Waals surface area contributed by atoms with Crippen LogP contribution in [-0.2, 0) is 21.3 Å². The fourth-order valence-electron chi connectivity index (χ4n) is 3.25. The van der Waals surface area contributed by atoms with Gasteiger partial charge in [-0.2, -0.15) is 4.31 Å². The number of hydrogen-bond donors (Lipinski definition) is 0. The molecule has 1 heterocycles. The molecule has 144 valence electrons. The lowest BCUT2D eigenvalue weighted by molar-refractivity contribution is 0.0600. The molecule has 0 bridgehead atoms. The number of piperazine rings is 1. The summed E-state index contributed by atoms with van der Waals surface area (Å²) in [6.07, 6.45) is 0. The summed E-state index contributed by atoms with van der Waals surface area (Å²) < 4.78 is 32.0. The summed E-state index contributed by atoms with van der Waals surface area (Å²) in [5, 5.41) is 0. The van der Waals surface area contributed by atoms with Gasteiger partial charge in [-0.05, 0) is 30.7 Å². The Morgan fingerprint density at radius 2 is 1.74 bits per heavy atom. The van der Waals surface area contributed by atoms with E-state index >= 15 is 0 Å². The van der Waals surface area contributed by atoms with Crippen molar-refractivity contribution in [2.45, 2.75) is 18.4 Å². The van der Waals surface area contributed by atoms with Gasteiger partial charge in [-0.15, -0.1) is 0 Å². The number of sulfonamides is 1. The lowest BCUT2D eigenvalue weighted by Gasteiger charge is -2.34. The van der Waals surface area contributed by atoms with Gasteiger partial charge in [0, 0.05) is 32.7 Å². The number of nitrogens with zero attached hydrogens (tertiary/aromatic N) is 2. The molecule has 0 N–H and O–H groups in total. The SMILES string of the molecule is COC(=O)c1cccc(S(=O)(=O)N2CCN(Cc3cccc(C)c3)CC2)c1. The van der Waals surface area contributed by atoms with Gasteiger partial charge in [-0.25, -0.2) is 13.2 Å². The van der Waals surface area contributed by atoms with Crippen LogP contribution in [0.2, 0.25) is 0 Å². The van der Waals surface area contributed by atoms with E-state index in [1.54, 1.807) is 12.1 Å². The summed E-state index contributed by atoms with van der Waals surface area (Å²) >= 11 is 0.